The van der Waals surface area contributed by atoms with Crippen LogP contribution in [-0.2, 0) is 22.8 Å². The van der Waals surface area contributed by atoms with Gasteiger partial charge in [0.25, 0.3) is 0 Å². The molecule has 0 aromatic carbocycles. The molecule has 0 N–H and O–H groups in total. The average molecular weight is 373 g/mol. The molecule has 0 unspecified atom stereocenters. The maximum atomic E-state index is 12.4. The van der Waals surface area contributed by atoms with Crippen LogP contribution in [0.25, 0.3) is 0 Å². The van der Waals surface area contributed by atoms with Crippen LogP contribution >= 0.6 is 23.4 Å². The lowest BCUT2D eigenvalue weighted by atomic mass is 10.4. The Morgan fingerprint density at radius 1 is 1.22 bits per heavy atom. The van der Waals surface area contributed by atoms with Gasteiger partial charge in [0.15, 0.2) is 0 Å². The van der Waals surface area contributed by atoms with Crippen molar-refractivity contribution in [2.45, 2.75) is 28.5 Å². The second kappa shape index (κ2) is 6.80. The molecule has 3 heterocycles. The Hall–Kier alpha value is -1.09. The second-order valence-electron chi connectivity index (χ2n) is 5.29. The number of imidazole rings is 1. The molecule has 0 saturated carbocycles. The lowest BCUT2D eigenvalue weighted by Gasteiger charge is -2.15. The first-order valence-electron chi connectivity index (χ1n) is 7.23. The summed E-state index contributed by atoms with van der Waals surface area (Å²) < 4.78 is 28.2. The fraction of sp³-hybridized carbons (Fsp3) is 0.429. The molecule has 23 heavy (non-hydrogen) atoms. The minimum Gasteiger partial charge on any atom is -0.322 e. The Labute approximate surface area is 144 Å². The largest absolute Gasteiger partial charge is 0.322 e. The van der Waals surface area contributed by atoms with Crippen molar-refractivity contribution >= 4 is 33.4 Å². The molecule has 9 heteroatoms. The van der Waals surface area contributed by atoms with E-state index in [9.17, 15) is 8.42 Å². The molecular weight excluding hydrogens is 356 g/mol. The zero-order valence-corrected chi connectivity index (χ0v) is 15.0. The van der Waals surface area contributed by atoms with Gasteiger partial charge in [-0.1, -0.05) is 23.4 Å². The molecule has 1 saturated heterocycles. The maximum Gasteiger partial charge on any atom is 0.244 e. The van der Waals surface area contributed by atoms with Crippen molar-refractivity contribution in [3.63, 3.8) is 0 Å². The molecule has 124 valence electrons. The molecule has 1 aliphatic rings. The van der Waals surface area contributed by atoms with Crippen LogP contribution in [0.15, 0.2) is 34.4 Å². The Morgan fingerprint density at radius 2 is 1.96 bits per heavy atom. The standard InChI is InChI=1S/C14H17ClN4O2S2/c1-18-12(15)9-16-13(18)10-22-14-5-4-11(8-17-14)23(20,21)19-6-2-3-7-19/h4-5,8-9H,2-3,6-7,10H2,1H3. The molecule has 6 nitrogen and oxygen atoms in total. The molecule has 1 fully saturated rings. The molecule has 0 radical (unpaired) electrons. The average Bonchev–Trinajstić information content (AvgIpc) is 3.18. The highest BCUT2D eigenvalue weighted by molar-refractivity contribution is 7.98. The van der Waals surface area contributed by atoms with Crippen LogP contribution in [0.5, 0.6) is 0 Å². The van der Waals surface area contributed by atoms with Crippen molar-refractivity contribution in [3.8, 4) is 0 Å². The summed E-state index contributed by atoms with van der Waals surface area (Å²) >= 11 is 7.44. The molecule has 2 aromatic rings. The van der Waals surface area contributed by atoms with Crippen molar-refractivity contribution in [3.05, 3.63) is 35.5 Å². The Morgan fingerprint density at radius 3 is 2.52 bits per heavy atom. The van der Waals surface area contributed by atoms with E-state index in [2.05, 4.69) is 9.97 Å². The summed E-state index contributed by atoms with van der Waals surface area (Å²) in [5.41, 5.74) is 0. The van der Waals surface area contributed by atoms with Gasteiger partial charge in [-0.2, -0.15) is 4.31 Å². The van der Waals surface area contributed by atoms with Crippen LogP contribution in [0.1, 0.15) is 18.7 Å². The lowest BCUT2D eigenvalue weighted by Crippen LogP contribution is -2.27. The molecule has 0 aliphatic carbocycles. The summed E-state index contributed by atoms with van der Waals surface area (Å²) in [6.07, 6.45) is 4.89. The second-order valence-corrected chi connectivity index (χ2v) is 8.61. The molecule has 0 bridgehead atoms. The van der Waals surface area contributed by atoms with Gasteiger partial charge in [-0.05, 0) is 25.0 Å². The Kier molecular flexibility index (Phi) is 4.96. The van der Waals surface area contributed by atoms with E-state index in [1.165, 1.54) is 22.3 Å². The van der Waals surface area contributed by atoms with Gasteiger partial charge in [0.2, 0.25) is 10.0 Å². The summed E-state index contributed by atoms with van der Waals surface area (Å²) in [7, 11) is -1.55. The first-order chi connectivity index (χ1) is 11.0. The van der Waals surface area contributed by atoms with Crippen molar-refractivity contribution < 1.29 is 8.42 Å². The van der Waals surface area contributed by atoms with E-state index in [0.29, 0.717) is 24.0 Å². The molecular formula is C14H17ClN4O2S2. The van der Waals surface area contributed by atoms with E-state index in [-0.39, 0.29) is 4.90 Å². The Bertz CT molecular complexity index is 784. The third-order valence-electron chi connectivity index (χ3n) is 3.79. The van der Waals surface area contributed by atoms with Gasteiger partial charge in [0, 0.05) is 26.3 Å². The molecule has 2 aromatic heterocycles. The lowest BCUT2D eigenvalue weighted by molar-refractivity contribution is 0.477. The fourth-order valence-electron chi connectivity index (χ4n) is 2.38. The number of hydrogen-bond donors (Lipinski definition) is 0. The van der Waals surface area contributed by atoms with Crippen LogP contribution in [0.4, 0.5) is 0 Å². The van der Waals surface area contributed by atoms with Gasteiger partial charge in [0.05, 0.1) is 17.0 Å². The highest BCUT2D eigenvalue weighted by atomic mass is 35.5. The van der Waals surface area contributed by atoms with Gasteiger partial charge in [-0.3, -0.25) is 0 Å². The smallest absolute Gasteiger partial charge is 0.244 e. The zero-order valence-electron chi connectivity index (χ0n) is 12.6. The van der Waals surface area contributed by atoms with Crippen molar-refractivity contribution in [1.82, 2.24) is 18.8 Å². The summed E-state index contributed by atoms with van der Waals surface area (Å²) in [5, 5.41) is 1.34. The van der Waals surface area contributed by atoms with Crippen LogP contribution < -0.4 is 0 Å². The highest BCUT2D eigenvalue weighted by Crippen LogP contribution is 2.24. The molecule has 3 rings (SSSR count). The van der Waals surface area contributed by atoms with Crippen LogP contribution in [0.2, 0.25) is 5.15 Å². The molecule has 1 aliphatic heterocycles. The van der Waals surface area contributed by atoms with E-state index in [0.717, 1.165) is 23.7 Å². The number of sulfonamides is 1. The molecule has 0 spiro atoms. The van der Waals surface area contributed by atoms with E-state index in [4.69, 9.17) is 11.6 Å². The number of nitrogens with zero attached hydrogens (tertiary/aromatic N) is 4. The van der Waals surface area contributed by atoms with Gasteiger partial charge >= 0.3 is 0 Å². The number of pyridine rings is 1. The van der Waals surface area contributed by atoms with Crippen LogP contribution in [-0.4, -0.2) is 40.3 Å². The third-order valence-corrected chi connectivity index (χ3v) is 6.96. The normalized spacial score (nSPS) is 16.1. The van der Waals surface area contributed by atoms with Gasteiger partial charge in [0.1, 0.15) is 15.9 Å². The van der Waals surface area contributed by atoms with Crippen molar-refractivity contribution in [2.24, 2.45) is 7.05 Å². The summed E-state index contributed by atoms with van der Waals surface area (Å²) in [6.45, 7) is 1.19. The SMILES string of the molecule is Cn1c(Cl)cnc1CSc1ccc(S(=O)(=O)N2CCCC2)cn1. The van der Waals surface area contributed by atoms with Gasteiger partial charge < -0.3 is 4.57 Å². The third kappa shape index (κ3) is 3.55. The summed E-state index contributed by atoms with van der Waals surface area (Å²) in [6, 6.07) is 3.35. The Balaban J connectivity index is 1.68. The van der Waals surface area contributed by atoms with Crippen molar-refractivity contribution in [1.29, 1.82) is 0 Å². The van der Waals surface area contributed by atoms with Crippen LogP contribution in [0.3, 0.4) is 0 Å². The van der Waals surface area contributed by atoms with E-state index >= 15 is 0 Å². The number of hydrogen-bond acceptors (Lipinski definition) is 5. The number of rotatable bonds is 5. The minimum atomic E-state index is -3.40. The number of thioether (sulfide) groups is 1. The minimum absolute atomic E-state index is 0.254. The summed E-state index contributed by atoms with van der Waals surface area (Å²) in [5.74, 6) is 1.46. The first-order valence-corrected chi connectivity index (χ1v) is 10.0. The highest BCUT2D eigenvalue weighted by Gasteiger charge is 2.27. The van der Waals surface area contributed by atoms with E-state index < -0.39 is 10.0 Å². The van der Waals surface area contributed by atoms with Crippen LogP contribution in [0, 0.1) is 0 Å². The monoisotopic (exact) mass is 372 g/mol. The van der Waals surface area contributed by atoms with E-state index in [1.54, 1.807) is 22.9 Å². The number of aromatic nitrogens is 3. The molecule has 0 amide bonds. The summed E-state index contributed by atoms with van der Waals surface area (Å²) in [4.78, 5) is 8.73. The van der Waals surface area contributed by atoms with Gasteiger partial charge in [-0.25, -0.2) is 18.4 Å². The predicted octanol–water partition coefficient (Wildman–Crippen LogP) is 2.55. The predicted molar refractivity (Wildman–Crippen MR) is 90.0 cm³/mol. The van der Waals surface area contributed by atoms with Crippen molar-refractivity contribution in [2.75, 3.05) is 13.1 Å². The topological polar surface area (TPSA) is 68.1 Å². The maximum absolute atomic E-state index is 12.4. The van der Waals surface area contributed by atoms with Gasteiger partial charge in [-0.15, -0.1) is 0 Å². The quantitative estimate of drug-likeness (QED) is 0.754. The molecule has 0 atom stereocenters. The fourth-order valence-corrected chi connectivity index (χ4v) is 4.83. The van der Waals surface area contributed by atoms with E-state index in [1.807, 2.05) is 7.05 Å². The number of halogens is 1. The zero-order chi connectivity index (χ0) is 16.4. The first kappa shape index (κ1) is 16.8.